The summed E-state index contributed by atoms with van der Waals surface area (Å²) < 4.78 is 11.9. The van der Waals surface area contributed by atoms with Crippen molar-refractivity contribution < 1.29 is 19.4 Å². The highest BCUT2D eigenvalue weighted by molar-refractivity contribution is 6.01. The van der Waals surface area contributed by atoms with Gasteiger partial charge in [0, 0.05) is 44.2 Å². The topological polar surface area (TPSA) is 71.4 Å². The fraction of sp³-hybridized carbons (Fsp3) is 0.333. The maximum absolute atomic E-state index is 13.4. The van der Waals surface area contributed by atoms with Gasteiger partial charge in [0.05, 0.1) is 6.61 Å². The lowest BCUT2D eigenvalue weighted by molar-refractivity contribution is -0.138. The summed E-state index contributed by atoms with van der Waals surface area (Å²) in [5, 5.41) is 8.88. The van der Waals surface area contributed by atoms with Crippen LogP contribution in [0.4, 0.5) is 0 Å². The minimum absolute atomic E-state index is 0.0671. The van der Waals surface area contributed by atoms with Crippen molar-refractivity contribution >= 4 is 11.8 Å². The van der Waals surface area contributed by atoms with Crippen LogP contribution in [-0.2, 0) is 16.1 Å². The van der Waals surface area contributed by atoms with E-state index in [9.17, 15) is 4.79 Å². The summed E-state index contributed by atoms with van der Waals surface area (Å²) in [6, 6.07) is 15.4. The number of rotatable bonds is 7. The Kier molecular flexibility index (Phi) is 5.59. The molecule has 0 bridgehead atoms. The Hall–Kier alpha value is -3.12. The first-order valence-corrected chi connectivity index (χ1v) is 10.1. The Morgan fingerprint density at radius 1 is 1.30 bits per heavy atom. The zero-order valence-corrected chi connectivity index (χ0v) is 17.1. The van der Waals surface area contributed by atoms with Crippen molar-refractivity contribution in [1.29, 1.82) is 0 Å². The van der Waals surface area contributed by atoms with Crippen molar-refractivity contribution in [3.8, 4) is 5.75 Å². The lowest BCUT2D eigenvalue weighted by atomic mass is 9.84. The minimum Gasteiger partial charge on any atom is -0.494 e. The Bertz CT molecular complexity index is 969. The number of likely N-dealkylation sites (N-methyl/N-ethyl adjacent to an activating group) is 1. The normalized spacial score (nSPS) is 22.5. The molecule has 2 heterocycles. The van der Waals surface area contributed by atoms with Crippen molar-refractivity contribution in [1.82, 2.24) is 4.90 Å². The Morgan fingerprint density at radius 3 is 2.80 bits per heavy atom. The summed E-state index contributed by atoms with van der Waals surface area (Å²) >= 11 is 0. The van der Waals surface area contributed by atoms with Crippen LogP contribution in [0.5, 0.6) is 5.75 Å². The van der Waals surface area contributed by atoms with Crippen LogP contribution in [0, 0.1) is 0 Å². The van der Waals surface area contributed by atoms with Crippen LogP contribution in [-0.4, -0.2) is 47.6 Å². The molecule has 0 aromatic heterocycles. The van der Waals surface area contributed by atoms with Gasteiger partial charge in [-0.25, -0.2) is 4.99 Å². The molecule has 0 aliphatic carbocycles. The summed E-state index contributed by atoms with van der Waals surface area (Å²) in [4.78, 5) is 20.0. The molecule has 0 unspecified atom stereocenters. The van der Waals surface area contributed by atoms with Gasteiger partial charge in [0.15, 0.2) is 11.6 Å². The zero-order valence-electron chi connectivity index (χ0n) is 17.1. The highest BCUT2D eigenvalue weighted by Gasteiger charge is 2.55. The molecule has 1 amide bonds. The van der Waals surface area contributed by atoms with Crippen LogP contribution < -0.4 is 4.74 Å². The molecule has 156 valence electrons. The first-order chi connectivity index (χ1) is 14.6. The van der Waals surface area contributed by atoms with Gasteiger partial charge in [-0.15, -0.1) is 6.58 Å². The summed E-state index contributed by atoms with van der Waals surface area (Å²) in [5.74, 6) is 1.09. The van der Waals surface area contributed by atoms with E-state index in [1.807, 2.05) is 48.5 Å². The van der Waals surface area contributed by atoms with Gasteiger partial charge in [0.25, 0.3) is 5.91 Å². The van der Waals surface area contributed by atoms with Crippen LogP contribution in [0.3, 0.4) is 0 Å². The molecule has 0 saturated heterocycles. The zero-order chi connectivity index (χ0) is 21.1. The standard InChI is InChI=1S/C24H26N2O4/c1-3-13-24-21(20-8-5-4-7-18(20)16-26(2)23(24)28)30-22(25-24)17-9-11-19(12-10-17)29-15-6-14-27/h3-5,7-12,21,27H,1,6,13-16H2,2H3/t21-,24-/m0/s1. The number of carbonyl (C=O) groups is 1. The Labute approximate surface area is 176 Å². The predicted octanol–water partition coefficient (Wildman–Crippen LogP) is 3.25. The summed E-state index contributed by atoms with van der Waals surface area (Å²) in [7, 11) is 1.80. The number of hydrogen-bond acceptors (Lipinski definition) is 5. The maximum Gasteiger partial charge on any atom is 0.255 e. The number of ether oxygens (including phenoxy) is 2. The molecule has 2 atom stereocenters. The van der Waals surface area contributed by atoms with E-state index in [-0.39, 0.29) is 12.5 Å². The highest BCUT2D eigenvalue weighted by atomic mass is 16.5. The molecule has 2 aliphatic heterocycles. The third kappa shape index (κ3) is 3.48. The minimum atomic E-state index is -1.06. The number of fused-ring (bicyclic) bond motifs is 3. The summed E-state index contributed by atoms with van der Waals surface area (Å²) in [6.07, 6.45) is 2.21. The van der Waals surface area contributed by atoms with Gasteiger partial charge in [-0.1, -0.05) is 30.3 Å². The third-order valence-corrected chi connectivity index (χ3v) is 5.55. The second-order valence-electron chi connectivity index (χ2n) is 7.64. The van der Waals surface area contributed by atoms with Gasteiger partial charge in [-0.2, -0.15) is 0 Å². The van der Waals surface area contributed by atoms with Crippen molar-refractivity contribution in [3.63, 3.8) is 0 Å². The molecule has 6 nitrogen and oxygen atoms in total. The second kappa shape index (κ2) is 8.32. The molecular weight excluding hydrogens is 380 g/mol. The van der Waals surface area contributed by atoms with Crippen LogP contribution in [0.25, 0.3) is 0 Å². The van der Waals surface area contributed by atoms with Crippen molar-refractivity contribution in [2.45, 2.75) is 31.0 Å². The lowest BCUT2D eigenvalue weighted by Gasteiger charge is -2.29. The Balaban J connectivity index is 1.71. The summed E-state index contributed by atoms with van der Waals surface area (Å²) in [6.45, 7) is 4.95. The average molecular weight is 406 g/mol. The van der Waals surface area contributed by atoms with E-state index >= 15 is 0 Å². The Morgan fingerprint density at radius 2 is 2.07 bits per heavy atom. The van der Waals surface area contributed by atoms with Crippen molar-refractivity contribution in [3.05, 3.63) is 77.9 Å². The molecule has 30 heavy (non-hydrogen) atoms. The molecule has 2 aromatic carbocycles. The fourth-order valence-electron chi connectivity index (χ4n) is 4.09. The molecule has 1 N–H and O–H groups in total. The number of aliphatic hydroxyl groups excluding tert-OH is 1. The lowest BCUT2D eigenvalue weighted by Crippen LogP contribution is -2.46. The number of amides is 1. The van der Waals surface area contributed by atoms with Crippen LogP contribution >= 0.6 is 0 Å². The second-order valence-corrected chi connectivity index (χ2v) is 7.64. The molecule has 2 aliphatic rings. The van der Waals surface area contributed by atoms with E-state index in [0.717, 1.165) is 16.7 Å². The van der Waals surface area contributed by atoms with E-state index < -0.39 is 11.6 Å². The SMILES string of the molecule is C=CC[C@]12N=C(c3ccc(OCCCO)cc3)O[C@H]1c1ccccc1CN(C)C2=O. The van der Waals surface area contributed by atoms with E-state index in [1.54, 1.807) is 18.0 Å². The van der Waals surface area contributed by atoms with E-state index in [0.29, 0.717) is 37.6 Å². The van der Waals surface area contributed by atoms with Gasteiger partial charge >= 0.3 is 0 Å². The van der Waals surface area contributed by atoms with Crippen molar-refractivity contribution in [2.24, 2.45) is 4.99 Å². The van der Waals surface area contributed by atoms with Gasteiger partial charge in [-0.05, 0) is 29.8 Å². The summed E-state index contributed by atoms with van der Waals surface area (Å²) in [5.41, 5.74) is 1.77. The van der Waals surface area contributed by atoms with E-state index in [4.69, 9.17) is 19.6 Å². The molecular formula is C24H26N2O4. The van der Waals surface area contributed by atoms with Gasteiger partial charge in [0.1, 0.15) is 5.75 Å². The van der Waals surface area contributed by atoms with E-state index in [1.165, 1.54) is 0 Å². The molecule has 0 saturated carbocycles. The number of nitrogens with zero attached hydrogens (tertiary/aromatic N) is 2. The van der Waals surface area contributed by atoms with Crippen LogP contribution in [0.1, 0.15) is 35.6 Å². The van der Waals surface area contributed by atoms with Crippen LogP contribution in [0.2, 0.25) is 0 Å². The molecule has 0 spiro atoms. The first-order valence-electron chi connectivity index (χ1n) is 10.1. The highest BCUT2D eigenvalue weighted by Crippen LogP contribution is 2.46. The number of benzene rings is 2. The van der Waals surface area contributed by atoms with Gasteiger partial charge < -0.3 is 19.5 Å². The first kappa shape index (κ1) is 20.2. The molecule has 0 fully saturated rings. The number of carbonyl (C=O) groups excluding carboxylic acids is 1. The monoisotopic (exact) mass is 406 g/mol. The predicted molar refractivity (Wildman–Crippen MR) is 114 cm³/mol. The van der Waals surface area contributed by atoms with Gasteiger partial charge in [0.2, 0.25) is 5.90 Å². The quantitative estimate of drug-likeness (QED) is 0.566. The van der Waals surface area contributed by atoms with Crippen molar-refractivity contribution in [2.75, 3.05) is 20.3 Å². The largest absolute Gasteiger partial charge is 0.494 e. The molecule has 2 aromatic rings. The van der Waals surface area contributed by atoms with E-state index in [2.05, 4.69) is 6.58 Å². The average Bonchev–Trinajstić information content (AvgIpc) is 3.11. The van der Waals surface area contributed by atoms with Gasteiger partial charge in [-0.3, -0.25) is 4.79 Å². The molecule has 6 heteroatoms. The van der Waals surface area contributed by atoms with Crippen LogP contribution in [0.15, 0.2) is 66.2 Å². The number of hydrogen-bond donors (Lipinski definition) is 1. The fourth-order valence-corrected chi connectivity index (χ4v) is 4.09. The maximum atomic E-state index is 13.4. The molecule has 0 radical (unpaired) electrons. The number of aliphatic imine (C=N–C) groups is 1. The third-order valence-electron chi connectivity index (χ3n) is 5.55. The smallest absolute Gasteiger partial charge is 0.255 e. The molecule has 4 rings (SSSR count). The number of aliphatic hydroxyl groups is 1.